The monoisotopic (exact) mass is 273 g/mol. The average Bonchev–Trinajstić information content (AvgIpc) is 2.48. The van der Waals surface area contributed by atoms with Crippen LogP contribution in [-0.2, 0) is 6.42 Å². The first-order valence-corrected chi connectivity index (χ1v) is 8.31. The maximum Gasteiger partial charge on any atom is 0.120 e. The zero-order chi connectivity index (χ0) is 13.9. The Hall–Kier alpha value is -1.02. The SMILES string of the molecule is CCC1CCCC(Oc2ccc3c(c2)[C@H](N)CCC3)C1. The molecule has 3 rings (SSSR count). The molecule has 2 unspecified atom stereocenters. The predicted molar refractivity (Wildman–Crippen MR) is 83.0 cm³/mol. The Morgan fingerprint density at radius 1 is 1.20 bits per heavy atom. The van der Waals surface area contributed by atoms with E-state index in [1.165, 1.54) is 56.1 Å². The second kappa shape index (κ2) is 6.17. The molecule has 0 amide bonds. The van der Waals surface area contributed by atoms with Crippen LogP contribution in [0.25, 0.3) is 0 Å². The van der Waals surface area contributed by atoms with Crippen molar-refractivity contribution < 1.29 is 4.74 Å². The van der Waals surface area contributed by atoms with Crippen molar-refractivity contribution in [2.24, 2.45) is 11.7 Å². The Labute approximate surface area is 122 Å². The van der Waals surface area contributed by atoms with Gasteiger partial charge in [0.2, 0.25) is 0 Å². The quantitative estimate of drug-likeness (QED) is 0.887. The van der Waals surface area contributed by atoms with Crippen molar-refractivity contribution in [2.45, 2.75) is 70.4 Å². The van der Waals surface area contributed by atoms with Gasteiger partial charge in [0.15, 0.2) is 0 Å². The van der Waals surface area contributed by atoms with Crippen molar-refractivity contribution in [3.05, 3.63) is 29.3 Å². The largest absolute Gasteiger partial charge is 0.490 e. The van der Waals surface area contributed by atoms with E-state index in [-0.39, 0.29) is 6.04 Å². The lowest BCUT2D eigenvalue weighted by molar-refractivity contribution is 0.122. The van der Waals surface area contributed by atoms with Crippen LogP contribution in [0.2, 0.25) is 0 Å². The molecule has 0 heterocycles. The molecule has 1 aromatic carbocycles. The maximum absolute atomic E-state index is 6.25. The minimum absolute atomic E-state index is 0.206. The summed E-state index contributed by atoms with van der Waals surface area (Å²) in [5.41, 5.74) is 8.98. The Morgan fingerprint density at radius 3 is 2.95 bits per heavy atom. The van der Waals surface area contributed by atoms with Crippen molar-refractivity contribution in [1.82, 2.24) is 0 Å². The highest BCUT2D eigenvalue weighted by atomic mass is 16.5. The molecule has 0 saturated heterocycles. The first-order chi connectivity index (χ1) is 9.76. The van der Waals surface area contributed by atoms with Crippen LogP contribution in [0.4, 0.5) is 0 Å². The van der Waals surface area contributed by atoms with E-state index in [0.717, 1.165) is 18.1 Å². The molecule has 0 radical (unpaired) electrons. The number of fused-ring (bicyclic) bond motifs is 1. The topological polar surface area (TPSA) is 35.2 Å². The molecule has 2 aliphatic rings. The number of rotatable bonds is 3. The molecule has 20 heavy (non-hydrogen) atoms. The van der Waals surface area contributed by atoms with Gasteiger partial charge in [-0.2, -0.15) is 0 Å². The van der Waals surface area contributed by atoms with E-state index in [0.29, 0.717) is 6.10 Å². The number of hydrogen-bond donors (Lipinski definition) is 1. The normalized spacial score (nSPS) is 29.8. The first kappa shape index (κ1) is 13.9. The summed E-state index contributed by atoms with van der Waals surface area (Å²) >= 11 is 0. The van der Waals surface area contributed by atoms with Crippen LogP contribution in [0.15, 0.2) is 18.2 Å². The Morgan fingerprint density at radius 2 is 2.10 bits per heavy atom. The summed E-state index contributed by atoms with van der Waals surface area (Å²) in [6.07, 6.45) is 10.3. The second-order valence-electron chi connectivity index (χ2n) is 6.54. The fourth-order valence-electron chi connectivity index (χ4n) is 3.80. The number of ether oxygens (including phenoxy) is 1. The lowest BCUT2D eigenvalue weighted by Crippen LogP contribution is -2.25. The molecule has 3 atom stereocenters. The lowest BCUT2D eigenvalue weighted by atomic mass is 9.85. The summed E-state index contributed by atoms with van der Waals surface area (Å²) in [6.45, 7) is 2.30. The zero-order valence-corrected chi connectivity index (χ0v) is 12.6. The van der Waals surface area contributed by atoms with Gasteiger partial charge in [0.05, 0.1) is 6.10 Å². The van der Waals surface area contributed by atoms with E-state index >= 15 is 0 Å². The van der Waals surface area contributed by atoms with Gasteiger partial charge in [0.1, 0.15) is 5.75 Å². The Bertz CT molecular complexity index is 457. The van der Waals surface area contributed by atoms with Gasteiger partial charge in [-0.25, -0.2) is 0 Å². The van der Waals surface area contributed by atoms with E-state index in [4.69, 9.17) is 10.5 Å². The summed E-state index contributed by atoms with van der Waals surface area (Å²) in [7, 11) is 0. The van der Waals surface area contributed by atoms with Crippen LogP contribution in [0.3, 0.4) is 0 Å². The standard InChI is InChI=1S/C18H27NO/c1-2-13-5-3-7-15(11-13)20-16-10-9-14-6-4-8-18(19)17(14)12-16/h9-10,12-13,15,18H,2-8,11,19H2,1H3/t13?,15?,18-/m1/s1. The van der Waals surface area contributed by atoms with Gasteiger partial charge in [-0.05, 0) is 67.7 Å². The number of hydrogen-bond acceptors (Lipinski definition) is 2. The summed E-state index contributed by atoms with van der Waals surface area (Å²) in [4.78, 5) is 0. The van der Waals surface area contributed by atoms with Crippen LogP contribution >= 0.6 is 0 Å². The molecule has 0 aromatic heterocycles. The highest BCUT2D eigenvalue weighted by Crippen LogP contribution is 2.33. The Balaban J connectivity index is 1.70. The van der Waals surface area contributed by atoms with Crippen molar-refractivity contribution in [2.75, 3.05) is 0 Å². The summed E-state index contributed by atoms with van der Waals surface area (Å²) in [5, 5.41) is 0. The molecule has 1 fully saturated rings. The van der Waals surface area contributed by atoms with E-state index in [1.807, 2.05) is 0 Å². The molecule has 1 aromatic rings. The first-order valence-electron chi connectivity index (χ1n) is 8.31. The van der Waals surface area contributed by atoms with Crippen molar-refractivity contribution in [1.29, 1.82) is 0 Å². The minimum atomic E-state index is 0.206. The molecule has 0 spiro atoms. The van der Waals surface area contributed by atoms with E-state index in [2.05, 4.69) is 25.1 Å². The molecule has 2 heteroatoms. The molecule has 0 aliphatic heterocycles. The molecule has 2 N–H and O–H groups in total. The van der Waals surface area contributed by atoms with E-state index in [9.17, 15) is 0 Å². The van der Waals surface area contributed by atoms with Crippen LogP contribution in [0, 0.1) is 5.92 Å². The summed E-state index contributed by atoms with van der Waals surface area (Å²) in [5.74, 6) is 1.89. The molecular formula is C18H27NO. The second-order valence-corrected chi connectivity index (χ2v) is 6.54. The summed E-state index contributed by atoms with van der Waals surface area (Å²) < 4.78 is 6.25. The third kappa shape index (κ3) is 3.01. The number of aryl methyl sites for hydroxylation is 1. The third-order valence-corrected chi connectivity index (χ3v) is 5.09. The molecule has 1 saturated carbocycles. The lowest BCUT2D eigenvalue weighted by Gasteiger charge is -2.30. The Kier molecular flexibility index (Phi) is 4.30. The fraction of sp³-hybridized carbons (Fsp3) is 0.667. The zero-order valence-electron chi connectivity index (χ0n) is 12.6. The van der Waals surface area contributed by atoms with Crippen molar-refractivity contribution in [3.63, 3.8) is 0 Å². The predicted octanol–water partition coefficient (Wildman–Crippen LogP) is 4.37. The van der Waals surface area contributed by atoms with Gasteiger partial charge >= 0.3 is 0 Å². The van der Waals surface area contributed by atoms with Crippen LogP contribution in [0.5, 0.6) is 5.75 Å². The third-order valence-electron chi connectivity index (χ3n) is 5.09. The van der Waals surface area contributed by atoms with Crippen LogP contribution in [0.1, 0.15) is 69.0 Å². The fourth-order valence-corrected chi connectivity index (χ4v) is 3.80. The molecule has 2 aliphatic carbocycles. The summed E-state index contributed by atoms with van der Waals surface area (Å²) in [6, 6.07) is 6.78. The highest BCUT2D eigenvalue weighted by Gasteiger charge is 2.23. The van der Waals surface area contributed by atoms with Gasteiger partial charge in [0, 0.05) is 6.04 Å². The van der Waals surface area contributed by atoms with Crippen LogP contribution in [-0.4, -0.2) is 6.10 Å². The molecule has 110 valence electrons. The molecule has 2 nitrogen and oxygen atoms in total. The van der Waals surface area contributed by atoms with Gasteiger partial charge in [-0.1, -0.05) is 25.8 Å². The van der Waals surface area contributed by atoms with Crippen molar-refractivity contribution >= 4 is 0 Å². The van der Waals surface area contributed by atoms with Crippen LogP contribution < -0.4 is 10.5 Å². The average molecular weight is 273 g/mol. The van der Waals surface area contributed by atoms with E-state index in [1.54, 1.807) is 0 Å². The van der Waals surface area contributed by atoms with Gasteiger partial charge in [0.25, 0.3) is 0 Å². The highest BCUT2D eigenvalue weighted by molar-refractivity contribution is 5.39. The smallest absolute Gasteiger partial charge is 0.120 e. The molecular weight excluding hydrogens is 246 g/mol. The van der Waals surface area contributed by atoms with Gasteiger partial charge in [-0.15, -0.1) is 0 Å². The minimum Gasteiger partial charge on any atom is -0.490 e. The number of nitrogens with two attached hydrogens (primary N) is 1. The number of benzene rings is 1. The maximum atomic E-state index is 6.25. The van der Waals surface area contributed by atoms with E-state index < -0.39 is 0 Å². The van der Waals surface area contributed by atoms with Gasteiger partial charge < -0.3 is 10.5 Å². The van der Waals surface area contributed by atoms with Crippen molar-refractivity contribution in [3.8, 4) is 5.75 Å². The van der Waals surface area contributed by atoms with Gasteiger partial charge in [-0.3, -0.25) is 0 Å². The molecule has 0 bridgehead atoms.